The molecular formula is C36H21N3O. The minimum atomic E-state index is 0.601. The van der Waals surface area contributed by atoms with E-state index in [0.29, 0.717) is 5.56 Å². The maximum Gasteiger partial charge on any atom is 0.145 e. The van der Waals surface area contributed by atoms with Crippen molar-refractivity contribution in [3.05, 3.63) is 133 Å². The van der Waals surface area contributed by atoms with E-state index >= 15 is 0 Å². The van der Waals surface area contributed by atoms with Crippen LogP contribution >= 0.6 is 0 Å². The van der Waals surface area contributed by atoms with Crippen LogP contribution in [0, 0.1) is 11.3 Å². The summed E-state index contributed by atoms with van der Waals surface area (Å²) >= 11 is 0. The summed E-state index contributed by atoms with van der Waals surface area (Å²) in [5.74, 6) is 0. The van der Waals surface area contributed by atoms with Crippen LogP contribution in [-0.2, 0) is 0 Å². The smallest absolute Gasteiger partial charge is 0.145 e. The molecule has 0 radical (unpaired) electrons. The molecule has 0 saturated heterocycles. The van der Waals surface area contributed by atoms with Gasteiger partial charge in [-0.15, -0.1) is 0 Å². The Morgan fingerprint density at radius 3 is 2.27 bits per heavy atom. The summed E-state index contributed by atoms with van der Waals surface area (Å²) in [5.41, 5.74) is 9.75. The number of para-hydroxylation sites is 3. The summed E-state index contributed by atoms with van der Waals surface area (Å²) in [6.07, 6.45) is 1.68. The Bertz CT molecular complexity index is 2280. The molecule has 0 aliphatic carbocycles. The Morgan fingerprint density at radius 1 is 0.650 bits per heavy atom. The predicted octanol–water partition coefficient (Wildman–Crippen LogP) is 9.28. The molecule has 186 valence electrons. The number of furan rings is 1. The number of nitrogens with zero attached hydrogens (tertiary/aromatic N) is 3. The minimum Gasteiger partial charge on any atom is -0.455 e. The van der Waals surface area contributed by atoms with Gasteiger partial charge >= 0.3 is 0 Å². The van der Waals surface area contributed by atoms with Crippen LogP contribution in [0.15, 0.2) is 132 Å². The standard InChI is InChI=1S/C36H21N3O/c37-22-23-19-20-38-30(21-23)25-15-13-24(14-16-25)26-7-1-4-10-31(26)39-32-11-5-2-9-29(32)35-33(39)18-17-28-27-8-3-6-12-34(27)40-36(28)35/h1-21H. The van der Waals surface area contributed by atoms with E-state index in [4.69, 9.17) is 4.42 Å². The molecular weight excluding hydrogens is 490 g/mol. The lowest BCUT2D eigenvalue weighted by Crippen LogP contribution is -1.97. The molecule has 3 aromatic heterocycles. The molecule has 4 heteroatoms. The maximum atomic E-state index is 9.28. The highest BCUT2D eigenvalue weighted by Gasteiger charge is 2.20. The molecule has 5 aromatic carbocycles. The fourth-order valence-corrected chi connectivity index (χ4v) is 5.89. The lowest BCUT2D eigenvalue weighted by atomic mass is 10.0. The molecule has 0 bridgehead atoms. The molecule has 0 spiro atoms. The van der Waals surface area contributed by atoms with Crippen molar-refractivity contribution in [3.63, 3.8) is 0 Å². The molecule has 0 N–H and O–H groups in total. The molecule has 0 amide bonds. The van der Waals surface area contributed by atoms with Crippen molar-refractivity contribution >= 4 is 43.7 Å². The van der Waals surface area contributed by atoms with E-state index in [1.165, 1.54) is 0 Å². The summed E-state index contributed by atoms with van der Waals surface area (Å²) in [7, 11) is 0. The highest BCUT2D eigenvalue weighted by atomic mass is 16.3. The second kappa shape index (κ2) is 8.69. The lowest BCUT2D eigenvalue weighted by Gasteiger charge is -2.14. The van der Waals surface area contributed by atoms with Gasteiger partial charge in [0.05, 0.1) is 39.4 Å². The Balaban J connectivity index is 1.35. The molecule has 4 nitrogen and oxygen atoms in total. The Hall–Kier alpha value is -5.66. The fraction of sp³-hybridized carbons (Fsp3) is 0. The maximum absolute atomic E-state index is 9.28. The van der Waals surface area contributed by atoms with Crippen LogP contribution in [-0.4, -0.2) is 9.55 Å². The zero-order valence-corrected chi connectivity index (χ0v) is 21.4. The molecule has 0 saturated carbocycles. The third kappa shape index (κ3) is 3.28. The number of pyridine rings is 1. The van der Waals surface area contributed by atoms with E-state index in [9.17, 15) is 5.26 Å². The van der Waals surface area contributed by atoms with Crippen LogP contribution < -0.4 is 0 Å². The summed E-state index contributed by atoms with van der Waals surface area (Å²) in [6, 6.07) is 43.8. The van der Waals surface area contributed by atoms with Crippen molar-refractivity contribution in [2.75, 3.05) is 0 Å². The molecule has 3 heterocycles. The SMILES string of the molecule is N#Cc1ccnc(-c2ccc(-c3ccccc3-n3c4ccccc4c4c5oc6ccccc6c5ccc43)cc2)c1. The minimum absolute atomic E-state index is 0.601. The molecule has 0 aliphatic rings. The van der Waals surface area contributed by atoms with Gasteiger partial charge in [0.2, 0.25) is 0 Å². The first-order valence-electron chi connectivity index (χ1n) is 13.2. The van der Waals surface area contributed by atoms with Gasteiger partial charge in [-0.25, -0.2) is 0 Å². The van der Waals surface area contributed by atoms with Gasteiger partial charge in [0, 0.05) is 33.5 Å². The van der Waals surface area contributed by atoms with Crippen LogP contribution in [0.4, 0.5) is 0 Å². The van der Waals surface area contributed by atoms with E-state index in [-0.39, 0.29) is 0 Å². The average molecular weight is 512 g/mol. The molecule has 0 unspecified atom stereocenters. The first kappa shape index (κ1) is 22.3. The lowest BCUT2D eigenvalue weighted by molar-refractivity contribution is 0.673. The van der Waals surface area contributed by atoms with Gasteiger partial charge in [0.25, 0.3) is 0 Å². The number of aromatic nitrogens is 2. The molecule has 8 aromatic rings. The van der Waals surface area contributed by atoms with Crippen LogP contribution in [0.3, 0.4) is 0 Å². The Labute approximate surface area is 230 Å². The second-order valence-corrected chi connectivity index (χ2v) is 9.92. The summed E-state index contributed by atoms with van der Waals surface area (Å²) < 4.78 is 8.82. The third-order valence-corrected chi connectivity index (χ3v) is 7.71. The molecule has 0 fully saturated rings. The van der Waals surface area contributed by atoms with Gasteiger partial charge in [0.1, 0.15) is 11.2 Å². The summed E-state index contributed by atoms with van der Waals surface area (Å²) in [5, 5.41) is 13.8. The molecule has 40 heavy (non-hydrogen) atoms. The van der Waals surface area contributed by atoms with Gasteiger partial charge in [-0.3, -0.25) is 4.98 Å². The van der Waals surface area contributed by atoms with E-state index in [2.05, 4.69) is 113 Å². The van der Waals surface area contributed by atoms with Gasteiger partial charge < -0.3 is 8.98 Å². The first-order chi connectivity index (χ1) is 19.8. The number of benzene rings is 5. The van der Waals surface area contributed by atoms with E-state index in [1.54, 1.807) is 12.3 Å². The van der Waals surface area contributed by atoms with Crippen molar-refractivity contribution in [1.82, 2.24) is 9.55 Å². The summed E-state index contributed by atoms with van der Waals surface area (Å²) in [4.78, 5) is 4.46. The third-order valence-electron chi connectivity index (χ3n) is 7.71. The largest absolute Gasteiger partial charge is 0.455 e. The molecule has 0 atom stereocenters. The fourth-order valence-electron chi connectivity index (χ4n) is 5.89. The number of hydrogen-bond donors (Lipinski definition) is 0. The summed E-state index contributed by atoms with van der Waals surface area (Å²) in [6.45, 7) is 0. The number of nitriles is 1. The van der Waals surface area contributed by atoms with E-state index in [0.717, 1.165) is 71.8 Å². The van der Waals surface area contributed by atoms with Crippen molar-refractivity contribution in [2.24, 2.45) is 0 Å². The van der Waals surface area contributed by atoms with Crippen LogP contribution in [0.25, 0.3) is 71.8 Å². The van der Waals surface area contributed by atoms with E-state index < -0.39 is 0 Å². The Kier molecular flexibility index (Phi) is 4.85. The van der Waals surface area contributed by atoms with Gasteiger partial charge in [-0.05, 0) is 48.0 Å². The Morgan fingerprint density at radius 2 is 1.40 bits per heavy atom. The highest BCUT2D eigenvalue weighted by molar-refractivity contribution is 6.24. The number of rotatable bonds is 3. The first-order valence-corrected chi connectivity index (χ1v) is 13.2. The van der Waals surface area contributed by atoms with Crippen LogP contribution in [0.2, 0.25) is 0 Å². The average Bonchev–Trinajstić information content (AvgIpc) is 3.57. The predicted molar refractivity (Wildman–Crippen MR) is 161 cm³/mol. The van der Waals surface area contributed by atoms with Crippen molar-refractivity contribution < 1.29 is 4.42 Å². The zero-order valence-electron chi connectivity index (χ0n) is 21.4. The van der Waals surface area contributed by atoms with Crippen molar-refractivity contribution in [2.45, 2.75) is 0 Å². The number of hydrogen-bond acceptors (Lipinski definition) is 3. The normalized spacial score (nSPS) is 11.5. The van der Waals surface area contributed by atoms with Gasteiger partial charge in [-0.1, -0.05) is 78.9 Å². The van der Waals surface area contributed by atoms with Gasteiger partial charge in [-0.2, -0.15) is 5.26 Å². The quantitative estimate of drug-likeness (QED) is 0.237. The van der Waals surface area contributed by atoms with Crippen LogP contribution in [0.1, 0.15) is 5.56 Å². The molecule has 8 rings (SSSR count). The van der Waals surface area contributed by atoms with Crippen molar-refractivity contribution in [1.29, 1.82) is 5.26 Å². The monoisotopic (exact) mass is 511 g/mol. The molecule has 0 aliphatic heterocycles. The van der Waals surface area contributed by atoms with Crippen molar-refractivity contribution in [3.8, 4) is 34.1 Å². The van der Waals surface area contributed by atoms with Crippen LogP contribution in [0.5, 0.6) is 0 Å². The number of fused-ring (bicyclic) bond motifs is 7. The van der Waals surface area contributed by atoms with Gasteiger partial charge in [0.15, 0.2) is 0 Å². The van der Waals surface area contributed by atoms with E-state index in [1.807, 2.05) is 18.2 Å². The highest BCUT2D eigenvalue weighted by Crippen LogP contribution is 2.42. The topological polar surface area (TPSA) is 54.8 Å². The second-order valence-electron chi connectivity index (χ2n) is 9.92. The zero-order chi connectivity index (χ0) is 26.6.